The van der Waals surface area contributed by atoms with Gasteiger partial charge in [-0.1, -0.05) is 46.3 Å². The molecule has 4 heteroatoms. The number of hydrogen-bond donors (Lipinski definition) is 0. The van der Waals surface area contributed by atoms with Gasteiger partial charge in [-0.05, 0) is 29.8 Å². The number of amides is 1. The highest BCUT2D eigenvalue weighted by Gasteiger charge is 2.21. The van der Waals surface area contributed by atoms with E-state index in [1.807, 2.05) is 54.6 Å². The number of ether oxygens (including phenoxy) is 1. The molecule has 20 heavy (non-hydrogen) atoms. The average molecular weight is 334 g/mol. The summed E-state index contributed by atoms with van der Waals surface area (Å²) >= 11 is 3.60. The second-order valence-electron chi connectivity index (χ2n) is 4.33. The summed E-state index contributed by atoms with van der Waals surface area (Å²) in [5.74, 6) is 0.774. The van der Waals surface area contributed by atoms with E-state index in [1.165, 1.54) is 0 Å². The van der Waals surface area contributed by atoms with E-state index in [0.29, 0.717) is 0 Å². The molecule has 0 N–H and O–H groups in total. The predicted octanol–water partition coefficient (Wildman–Crippen LogP) is 4.14. The molecular formula is C16H16BrNO2. The molecule has 2 rings (SSSR count). The Morgan fingerprint density at radius 2 is 1.70 bits per heavy atom. The van der Waals surface area contributed by atoms with Crippen LogP contribution in [-0.2, 0) is 4.79 Å². The van der Waals surface area contributed by atoms with Gasteiger partial charge in [-0.3, -0.25) is 9.69 Å². The van der Waals surface area contributed by atoms with Crippen LogP contribution >= 0.6 is 15.9 Å². The maximum atomic E-state index is 12.0. The number of nitrogens with zero attached hydrogens (tertiary/aromatic N) is 1. The predicted molar refractivity (Wildman–Crippen MR) is 84.3 cm³/mol. The lowest BCUT2D eigenvalue weighted by atomic mass is 10.2. The fraction of sp³-hybridized carbons (Fsp3) is 0.188. The van der Waals surface area contributed by atoms with Crippen LogP contribution in [0.15, 0.2) is 54.6 Å². The molecule has 0 aliphatic rings. The average Bonchev–Trinajstić information content (AvgIpc) is 2.48. The molecule has 0 spiro atoms. The standard InChI is InChI=1S/C16H16BrNO2/c1-12(19)18(14-6-4-3-5-7-14)16(17)13-8-10-15(20-2)11-9-13/h3-11,16H,1-2H3. The fourth-order valence-corrected chi connectivity index (χ4v) is 2.80. The number of benzene rings is 2. The van der Waals surface area contributed by atoms with Gasteiger partial charge in [0, 0.05) is 12.6 Å². The Kier molecular flexibility index (Phi) is 4.79. The van der Waals surface area contributed by atoms with Crippen LogP contribution < -0.4 is 9.64 Å². The third kappa shape index (κ3) is 3.20. The summed E-state index contributed by atoms with van der Waals surface area (Å²) in [6, 6.07) is 17.2. The molecule has 0 aliphatic carbocycles. The highest BCUT2D eigenvalue weighted by molar-refractivity contribution is 9.09. The molecule has 2 aromatic carbocycles. The first-order valence-electron chi connectivity index (χ1n) is 6.26. The maximum Gasteiger partial charge on any atom is 0.225 e. The van der Waals surface area contributed by atoms with E-state index in [0.717, 1.165) is 17.0 Å². The third-order valence-corrected chi connectivity index (χ3v) is 3.93. The highest BCUT2D eigenvalue weighted by Crippen LogP contribution is 2.32. The van der Waals surface area contributed by atoms with E-state index in [2.05, 4.69) is 15.9 Å². The Morgan fingerprint density at radius 3 is 2.20 bits per heavy atom. The van der Waals surface area contributed by atoms with Crippen LogP contribution in [0, 0.1) is 0 Å². The zero-order valence-electron chi connectivity index (χ0n) is 11.4. The molecule has 0 aromatic heterocycles. The van der Waals surface area contributed by atoms with Gasteiger partial charge < -0.3 is 4.74 Å². The number of carbonyl (C=O) groups excluding carboxylic acids is 1. The van der Waals surface area contributed by atoms with Crippen LogP contribution in [0.2, 0.25) is 0 Å². The van der Waals surface area contributed by atoms with Crippen molar-refractivity contribution in [3.8, 4) is 5.75 Å². The van der Waals surface area contributed by atoms with Crippen molar-refractivity contribution < 1.29 is 9.53 Å². The van der Waals surface area contributed by atoms with Crippen molar-refractivity contribution in [3.63, 3.8) is 0 Å². The first-order valence-corrected chi connectivity index (χ1v) is 7.18. The van der Waals surface area contributed by atoms with Crippen LogP contribution in [0.25, 0.3) is 0 Å². The SMILES string of the molecule is COc1ccc(C(Br)N(C(C)=O)c2ccccc2)cc1. The summed E-state index contributed by atoms with van der Waals surface area (Å²) in [4.78, 5) is 13.4. The molecule has 1 atom stereocenters. The zero-order valence-corrected chi connectivity index (χ0v) is 13.0. The molecule has 0 saturated carbocycles. The van der Waals surface area contributed by atoms with Crippen molar-refractivity contribution in [1.82, 2.24) is 0 Å². The summed E-state index contributed by atoms with van der Waals surface area (Å²) in [5, 5.41) is 0. The minimum atomic E-state index is -0.215. The molecule has 0 fully saturated rings. The molecule has 0 bridgehead atoms. The van der Waals surface area contributed by atoms with Crippen LogP contribution in [0.5, 0.6) is 5.75 Å². The minimum Gasteiger partial charge on any atom is -0.497 e. The summed E-state index contributed by atoms with van der Waals surface area (Å²) < 4.78 is 5.15. The molecule has 0 aliphatic heterocycles. The smallest absolute Gasteiger partial charge is 0.225 e. The number of methoxy groups -OCH3 is 1. The third-order valence-electron chi connectivity index (χ3n) is 2.99. The quantitative estimate of drug-likeness (QED) is 0.621. The van der Waals surface area contributed by atoms with Crippen LogP contribution in [0.4, 0.5) is 5.69 Å². The van der Waals surface area contributed by atoms with Crippen LogP contribution in [0.3, 0.4) is 0 Å². The molecule has 0 radical (unpaired) electrons. The Labute approximate surface area is 127 Å². The van der Waals surface area contributed by atoms with E-state index in [4.69, 9.17) is 4.74 Å². The summed E-state index contributed by atoms with van der Waals surface area (Å²) in [5.41, 5.74) is 1.85. The molecule has 3 nitrogen and oxygen atoms in total. The topological polar surface area (TPSA) is 29.5 Å². The Hall–Kier alpha value is -1.81. The molecule has 0 saturated heterocycles. The first-order chi connectivity index (χ1) is 9.63. The number of anilines is 1. The van der Waals surface area contributed by atoms with Crippen LogP contribution in [0.1, 0.15) is 17.4 Å². The number of alkyl halides is 1. The number of para-hydroxylation sites is 1. The molecule has 1 amide bonds. The van der Waals surface area contributed by atoms with Crippen molar-refractivity contribution in [2.45, 2.75) is 11.9 Å². The molecule has 2 aromatic rings. The Morgan fingerprint density at radius 1 is 1.10 bits per heavy atom. The van der Waals surface area contributed by atoms with Gasteiger partial charge in [0.25, 0.3) is 0 Å². The molecular weight excluding hydrogens is 318 g/mol. The van der Waals surface area contributed by atoms with Crippen molar-refractivity contribution in [2.24, 2.45) is 0 Å². The summed E-state index contributed by atoms with van der Waals surface area (Å²) in [6.45, 7) is 1.56. The summed E-state index contributed by atoms with van der Waals surface area (Å²) in [7, 11) is 1.63. The zero-order chi connectivity index (χ0) is 14.5. The molecule has 104 valence electrons. The number of rotatable bonds is 4. The minimum absolute atomic E-state index is 0.0195. The molecule has 1 unspecified atom stereocenters. The van der Waals surface area contributed by atoms with E-state index in [1.54, 1.807) is 18.9 Å². The van der Waals surface area contributed by atoms with Gasteiger partial charge in [-0.15, -0.1) is 0 Å². The van der Waals surface area contributed by atoms with Gasteiger partial charge in [-0.2, -0.15) is 0 Å². The van der Waals surface area contributed by atoms with Crippen molar-refractivity contribution >= 4 is 27.5 Å². The van der Waals surface area contributed by atoms with Crippen molar-refractivity contribution in [3.05, 3.63) is 60.2 Å². The number of carbonyl (C=O) groups is 1. The van der Waals surface area contributed by atoms with Crippen molar-refractivity contribution in [1.29, 1.82) is 0 Å². The van der Waals surface area contributed by atoms with E-state index >= 15 is 0 Å². The van der Waals surface area contributed by atoms with Gasteiger partial charge >= 0.3 is 0 Å². The normalized spacial score (nSPS) is 11.8. The second kappa shape index (κ2) is 6.57. The lowest BCUT2D eigenvalue weighted by Crippen LogP contribution is -2.29. The fourth-order valence-electron chi connectivity index (χ4n) is 1.97. The molecule has 0 heterocycles. The van der Waals surface area contributed by atoms with Crippen molar-refractivity contribution in [2.75, 3.05) is 12.0 Å². The highest BCUT2D eigenvalue weighted by atomic mass is 79.9. The largest absolute Gasteiger partial charge is 0.497 e. The van der Waals surface area contributed by atoms with E-state index in [9.17, 15) is 4.79 Å². The Bertz CT molecular complexity index is 569. The maximum absolute atomic E-state index is 12.0. The van der Waals surface area contributed by atoms with Gasteiger partial charge in [0.15, 0.2) is 0 Å². The van der Waals surface area contributed by atoms with E-state index in [-0.39, 0.29) is 10.9 Å². The van der Waals surface area contributed by atoms with Gasteiger partial charge in [0.05, 0.1) is 7.11 Å². The van der Waals surface area contributed by atoms with Gasteiger partial charge in [0.2, 0.25) is 5.91 Å². The van der Waals surface area contributed by atoms with Crippen LogP contribution in [-0.4, -0.2) is 13.0 Å². The lowest BCUT2D eigenvalue weighted by molar-refractivity contribution is -0.116. The number of halogens is 1. The first kappa shape index (κ1) is 14.6. The Balaban J connectivity index is 2.31. The summed E-state index contributed by atoms with van der Waals surface area (Å²) in [6.07, 6.45) is 0. The second-order valence-corrected chi connectivity index (χ2v) is 5.20. The number of hydrogen-bond acceptors (Lipinski definition) is 2. The monoisotopic (exact) mass is 333 g/mol. The van der Waals surface area contributed by atoms with Gasteiger partial charge in [-0.25, -0.2) is 0 Å². The lowest BCUT2D eigenvalue weighted by Gasteiger charge is -2.27. The van der Waals surface area contributed by atoms with E-state index < -0.39 is 0 Å². The van der Waals surface area contributed by atoms with Gasteiger partial charge in [0.1, 0.15) is 10.7 Å².